The van der Waals surface area contributed by atoms with Crippen molar-refractivity contribution in [3.8, 4) is 0 Å². The summed E-state index contributed by atoms with van der Waals surface area (Å²) < 4.78 is 1.79. The Bertz CT molecular complexity index is 687. The van der Waals surface area contributed by atoms with Crippen molar-refractivity contribution in [3.63, 3.8) is 0 Å². The Kier molecular flexibility index (Phi) is 3.56. The summed E-state index contributed by atoms with van der Waals surface area (Å²) in [6, 6.07) is 3.72. The van der Waals surface area contributed by atoms with Gasteiger partial charge in [0.05, 0.1) is 5.69 Å². The second-order valence-corrected chi connectivity index (χ2v) is 7.54. The van der Waals surface area contributed by atoms with Crippen molar-refractivity contribution in [1.82, 2.24) is 19.9 Å². The second kappa shape index (κ2) is 4.83. The smallest absolute Gasteiger partial charge is 0.270 e. The van der Waals surface area contributed by atoms with E-state index in [-0.39, 0.29) is 16.9 Å². The average molecular weight is 288 g/mol. The van der Waals surface area contributed by atoms with Crippen molar-refractivity contribution >= 4 is 11.6 Å². The van der Waals surface area contributed by atoms with E-state index in [4.69, 9.17) is 0 Å². The molecule has 0 aliphatic rings. The van der Waals surface area contributed by atoms with Crippen LogP contribution in [0, 0.1) is 6.92 Å². The first kappa shape index (κ1) is 15.5. The van der Waals surface area contributed by atoms with Gasteiger partial charge in [-0.3, -0.25) is 4.79 Å². The monoisotopic (exact) mass is 288 g/mol. The summed E-state index contributed by atoms with van der Waals surface area (Å²) in [7, 11) is 0. The third-order valence-corrected chi connectivity index (χ3v) is 3.09. The van der Waals surface area contributed by atoms with Crippen LogP contribution in [0.1, 0.15) is 63.4 Å². The van der Waals surface area contributed by atoms with Crippen LogP contribution in [0.15, 0.2) is 12.1 Å². The van der Waals surface area contributed by atoms with Crippen molar-refractivity contribution in [2.24, 2.45) is 0 Å². The third-order valence-electron chi connectivity index (χ3n) is 3.09. The van der Waals surface area contributed by atoms with Gasteiger partial charge in [0.15, 0.2) is 5.65 Å². The summed E-state index contributed by atoms with van der Waals surface area (Å²) >= 11 is 0. The number of aryl methyl sites for hydroxylation is 1. The zero-order valence-electron chi connectivity index (χ0n) is 13.9. The molecule has 2 aromatic heterocycles. The Balaban J connectivity index is 2.47. The van der Waals surface area contributed by atoms with Crippen LogP contribution in [0.2, 0.25) is 0 Å². The molecule has 114 valence electrons. The molecule has 0 aliphatic carbocycles. The maximum absolute atomic E-state index is 12.3. The maximum atomic E-state index is 12.3. The molecule has 1 amide bonds. The standard InChI is InChI=1S/C16H24N4O/c1-10-8-11(14(21)18-16(5,6)7)17-13-9-12(15(2,3)4)19-20(10)13/h8-9H,1-7H3,(H,18,21). The van der Waals surface area contributed by atoms with E-state index in [1.165, 1.54) is 0 Å². The lowest BCUT2D eigenvalue weighted by atomic mass is 9.93. The number of fused-ring (bicyclic) bond motifs is 1. The minimum atomic E-state index is -0.282. The number of carbonyl (C=O) groups is 1. The predicted molar refractivity (Wildman–Crippen MR) is 83.6 cm³/mol. The number of aromatic nitrogens is 3. The van der Waals surface area contributed by atoms with Gasteiger partial charge in [-0.05, 0) is 33.8 Å². The lowest BCUT2D eigenvalue weighted by Gasteiger charge is -2.20. The molecular weight excluding hydrogens is 264 g/mol. The molecule has 2 aromatic rings. The van der Waals surface area contributed by atoms with Gasteiger partial charge in [0, 0.05) is 22.7 Å². The summed E-state index contributed by atoms with van der Waals surface area (Å²) in [5.41, 5.74) is 2.67. The van der Waals surface area contributed by atoms with Gasteiger partial charge in [-0.1, -0.05) is 20.8 Å². The highest BCUT2D eigenvalue weighted by atomic mass is 16.2. The Hall–Kier alpha value is -1.91. The van der Waals surface area contributed by atoms with Gasteiger partial charge in [-0.25, -0.2) is 9.50 Å². The minimum Gasteiger partial charge on any atom is -0.346 e. The first-order chi connectivity index (χ1) is 9.47. The van der Waals surface area contributed by atoms with Crippen LogP contribution in [0.25, 0.3) is 5.65 Å². The van der Waals surface area contributed by atoms with E-state index in [1.54, 1.807) is 10.6 Å². The molecule has 0 radical (unpaired) electrons. The highest BCUT2D eigenvalue weighted by Crippen LogP contribution is 2.22. The molecule has 5 heteroatoms. The van der Waals surface area contributed by atoms with Gasteiger partial charge in [0.2, 0.25) is 0 Å². The van der Waals surface area contributed by atoms with E-state index < -0.39 is 0 Å². The fraction of sp³-hybridized carbons (Fsp3) is 0.562. The number of nitrogens with zero attached hydrogens (tertiary/aromatic N) is 3. The van der Waals surface area contributed by atoms with E-state index in [0.29, 0.717) is 11.3 Å². The lowest BCUT2D eigenvalue weighted by Crippen LogP contribution is -2.41. The fourth-order valence-corrected chi connectivity index (χ4v) is 2.01. The van der Waals surface area contributed by atoms with Crippen molar-refractivity contribution in [2.45, 2.75) is 59.4 Å². The molecule has 21 heavy (non-hydrogen) atoms. The van der Waals surface area contributed by atoms with E-state index in [1.807, 2.05) is 33.8 Å². The number of hydrogen-bond acceptors (Lipinski definition) is 3. The molecule has 0 spiro atoms. The minimum absolute atomic E-state index is 0.0476. The lowest BCUT2D eigenvalue weighted by molar-refractivity contribution is 0.0914. The van der Waals surface area contributed by atoms with Crippen LogP contribution in [0.5, 0.6) is 0 Å². The zero-order valence-corrected chi connectivity index (χ0v) is 13.9. The second-order valence-electron chi connectivity index (χ2n) is 7.54. The number of amides is 1. The van der Waals surface area contributed by atoms with Crippen LogP contribution in [-0.4, -0.2) is 26.0 Å². The first-order valence-electron chi connectivity index (χ1n) is 7.18. The summed E-state index contributed by atoms with van der Waals surface area (Å²) in [4.78, 5) is 16.7. The van der Waals surface area contributed by atoms with Crippen molar-refractivity contribution in [1.29, 1.82) is 0 Å². The molecule has 2 heterocycles. The average Bonchev–Trinajstić information content (AvgIpc) is 2.70. The summed E-state index contributed by atoms with van der Waals surface area (Å²) in [5.74, 6) is -0.161. The van der Waals surface area contributed by atoms with E-state index in [0.717, 1.165) is 11.4 Å². The van der Waals surface area contributed by atoms with E-state index in [9.17, 15) is 4.79 Å². The van der Waals surface area contributed by atoms with Crippen LogP contribution in [0.3, 0.4) is 0 Å². The summed E-state index contributed by atoms with van der Waals surface area (Å²) in [5, 5.41) is 7.51. The normalized spacial score (nSPS) is 12.7. The van der Waals surface area contributed by atoms with Crippen LogP contribution >= 0.6 is 0 Å². The molecule has 1 N–H and O–H groups in total. The number of hydrogen-bond donors (Lipinski definition) is 1. The molecule has 0 atom stereocenters. The van der Waals surface area contributed by atoms with E-state index >= 15 is 0 Å². The van der Waals surface area contributed by atoms with Crippen molar-refractivity contribution < 1.29 is 4.79 Å². The molecule has 0 fully saturated rings. The van der Waals surface area contributed by atoms with Crippen LogP contribution in [-0.2, 0) is 5.41 Å². The largest absolute Gasteiger partial charge is 0.346 e. The SMILES string of the molecule is Cc1cc(C(=O)NC(C)(C)C)nc2cc(C(C)(C)C)nn12. The molecule has 0 bridgehead atoms. The first-order valence-corrected chi connectivity index (χ1v) is 7.18. The van der Waals surface area contributed by atoms with Gasteiger partial charge in [0.25, 0.3) is 5.91 Å². The molecule has 2 rings (SSSR count). The highest BCUT2D eigenvalue weighted by Gasteiger charge is 2.21. The van der Waals surface area contributed by atoms with Gasteiger partial charge < -0.3 is 5.32 Å². The van der Waals surface area contributed by atoms with Gasteiger partial charge in [-0.2, -0.15) is 5.10 Å². The number of carbonyl (C=O) groups excluding carboxylic acids is 1. The molecule has 0 saturated heterocycles. The highest BCUT2D eigenvalue weighted by molar-refractivity contribution is 5.93. The molecule has 0 unspecified atom stereocenters. The van der Waals surface area contributed by atoms with Gasteiger partial charge >= 0.3 is 0 Å². The quantitative estimate of drug-likeness (QED) is 0.877. The van der Waals surface area contributed by atoms with Crippen molar-refractivity contribution in [2.75, 3.05) is 0 Å². The van der Waals surface area contributed by atoms with Gasteiger partial charge in [-0.15, -0.1) is 0 Å². The third kappa shape index (κ3) is 3.40. The number of nitrogens with one attached hydrogen (secondary N) is 1. The Morgan fingerprint density at radius 1 is 1.14 bits per heavy atom. The summed E-state index contributed by atoms with van der Waals surface area (Å²) in [6.07, 6.45) is 0. The fourth-order valence-electron chi connectivity index (χ4n) is 2.01. The van der Waals surface area contributed by atoms with Crippen LogP contribution in [0.4, 0.5) is 0 Å². The Morgan fingerprint density at radius 2 is 1.76 bits per heavy atom. The molecule has 5 nitrogen and oxygen atoms in total. The van der Waals surface area contributed by atoms with Crippen molar-refractivity contribution in [3.05, 3.63) is 29.2 Å². The number of rotatable bonds is 1. The summed E-state index contributed by atoms with van der Waals surface area (Å²) in [6.45, 7) is 14.1. The van der Waals surface area contributed by atoms with E-state index in [2.05, 4.69) is 36.2 Å². The van der Waals surface area contributed by atoms with Gasteiger partial charge in [0.1, 0.15) is 5.69 Å². The molecule has 0 aromatic carbocycles. The Morgan fingerprint density at radius 3 is 2.29 bits per heavy atom. The zero-order chi connectivity index (χ0) is 16.0. The molecular formula is C16H24N4O. The predicted octanol–water partition coefficient (Wildman–Crippen LogP) is 2.86. The topological polar surface area (TPSA) is 59.3 Å². The Labute approximate surface area is 125 Å². The molecule has 0 saturated carbocycles. The molecule has 0 aliphatic heterocycles. The maximum Gasteiger partial charge on any atom is 0.270 e. The van der Waals surface area contributed by atoms with Crippen LogP contribution < -0.4 is 5.32 Å².